The van der Waals surface area contributed by atoms with Crippen molar-refractivity contribution < 1.29 is 19.0 Å². The van der Waals surface area contributed by atoms with E-state index < -0.39 is 0 Å². The number of anilines is 1. The normalized spacial score (nSPS) is 18.3. The zero-order chi connectivity index (χ0) is 25.4. The number of thioether (sulfide) groups is 1. The lowest BCUT2D eigenvalue weighted by Crippen LogP contribution is -2.41. The number of ether oxygens (including phenoxy) is 3. The number of nitrogens with zero attached hydrogens (tertiary/aromatic N) is 4. The van der Waals surface area contributed by atoms with Gasteiger partial charge in [-0.1, -0.05) is 30.0 Å². The van der Waals surface area contributed by atoms with Crippen LogP contribution in [0.2, 0.25) is 0 Å². The number of carbonyl (C=O) groups excluding carboxylic acids is 1. The van der Waals surface area contributed by atoms with Crippen molar-refractivity contribution in [1.29, 1.82) is 5.26 Å². The molecule has 0 N–H and O–H groups in total. The van der Waals surface area contributed by atoms with Crippen LogP contribution in [0.4, 0.5) is 5.82 Å². The van der Waals surface area contributed by atoms with E-state index in [9.17, 15) is 14.9 Å². The highest BCUT2D eigenvalue weighted by Crippen LogP contribution is 2.38. The van der Waals surface area contributed by atoms with Crippen molar-refractivity contribution in [3.05, 3.63) is 55.7 Å². The Bertz CT molecular complexity index is 1390. The van der Waals surface area contributed by atoms with Gasteiger partial charge in [0.2, 0.25) is 6.79 Å². The fourth-order valence-corrected chi connectivity index (χ4v) is 5.78. The number of aromatic nitrogens is 1. The predicted octanol–water partition coefficient (Wildman–Crippen LogP) is 3.02. The fraction of sp³-hybridized carbons (Fsp3) is 0.360. The van der Waals surface area contributed by atoms with Crippen molar-refractivity contribution in [2.75, 3.05) is 38.0 Å². The highest BCUT2D eigenvalue weighted by molar-refractivity contribution is 8.26. The van der Waals surface area contributed by atoms with Crippen molar-refractivity contribution in [1.82, 2.24) is 9.47 Å². The average Bonchev–Trinajstić information content (AvgIpc) is 3.46. The van der Waals surface area contributed by atoms with Crippen LogP contribution in [0.1, 0.15) is 29.2 Å². The van der Waals surface area contributed by atoms with Gasteiger partial charge in [-0.2, -0.15) is 5.26 Å². The number of hydrogen-bond acceptors (Lipinski definition) is 9. The number of morpholine rings is 1. The van der Waals surface area contributed by atoms with Crippen LogP contribution in [-0.2, 0) is 22.6 Å². The van der Waals surface area contributed by atoms with E-state index in [1.807, 2.05) is 25.1 Å². The summed E-state index contributed by atoms with van der Waals surface area (Å²) >= 11 is 6.77. The van der Waals surface area contributed by atoms with Gasteiger partial charge in [0.25, 0.3) is 11.5 Å². The second-order valence-electron chi connectivity index (χ2n) is 8.45. The molecule has 0 aliphatic carbocycles. The third-order valence-corrected chi connectivity index (χ3v) is 7.78. The summed E-state index contributed by atoms with van der Waals surface area (Å²) < 4.78 is 18.4. The van der Waals surface area contributed by atoms with Crippen LogP contribution < -0.4 is 19.9 Å². The molecule has 0 atom stereocenters. The summed E-state index contributed by atoms with van der Waals surface area (Å²) in [5.41, 5.74) is 1.85. The van der Waals surface area contributed by atoms with Crippen molar-refractivity contribution in [2.24, 2.45) is 0 Å². The third-order valence-electron chi connectivity index (χ3n) is 6.40. The minimum absolute atomic E-state index is 0.0796. The maximum Gasteiger partial charge on any atom is 0.270 e. The van der Waals surface area contributed by atoms with Crippen LogP contribution in [0.5, 0.6) is 11.5 Å². The van der Waals surface area contributed by atoms with Gasteiger partial charge in [0.05, 0.1) is 24.7 Å². The zero-order valence-electron chi connectivity index (χ0n) is 19.9. The third kappa shape index (κ3) is 4.25. The molecule has 186 valence electrons. The van der Waals surface area contributed by atoms with E-state index in [1.165, 1.54) is 11.8 Å². The molecule has 0 saturated carbocycles. The van der Waals surface area contributed by atoms with E-state index in [0.29, 0.717) is 77.1 Å². The summed E-state index contributed by atoms with van der Waals surface area (Å²) in [7, 11) is 0. The number of hydrogen-bond donors (Lipinski definition) is 0. The molecule has 1 aromatic heterocycles. The maximum atomic E-state index is 13.5. The molecule has 4 heterocycles. The Morgan fingerprint density at radius 2 is 1.94 bits per heavy atom. The Labute approximate surface area is 217 Å². The Morgan fingerprint density at radius 1 is 1.19 bits per heavy atom. The van der Waals surface area contributed by atoms with Gasteiger partial charge in [-0.05, 0) is 43.2 Å². The first kappa shape index (κ1) is 24.4. The summed E-state index contributed by atoms with van der Waals surface area (Å²) in [6.45, 7) is 6.78. The number of pyridine rings is 1. The summed E-state index contributed by atoms with van der Waals surface area (Å²) in [6.07, 6.45) is 1.77. The van der Waals surface area contributed by atoms with E-state index in [4.69, 9.17) is 26.4 Å². The standard InChI is InChI=1S/C25H24N4O5S2/c1-3-28-22(27-6-8-32-9-7-27)17(15(2)18(12-26)23(28)30)11-21-24(31)29(25(35)36-21)13-16-4-5-19-20(10-16)34-14-33-19/h4-5,10-11H,3,6-9,13-14H2,1-2H3/b21-11+. The van der Waals surface area contributed by atoms with Gasteiger partial charge in [-0.25, -0.2) is 0 Å². The summed E-state index contributed by atoms with van der Waals surface area (Å²) in [5.74, 6) is 1.80. The molecule has 3 aliphatic rings. The van der Waals surface area contributed by atoms with Gasteiger partial charge in [-0.3, -0.25) is 19.1 Å². The SMILES string of the molecule is CCn1c(N2CCOCC2)c(/C=C2/SC(=S)N(Cc3ccc4c(c3)OCO4)C2=O)c(C)c(C#N)c1=O. The van der Waals surface area contributed by atoms with Crippen molar-refractivity contribution in [3.8, 4) is 17.6 Å². The molecule has 0 unspecified atom stereocenters. The van der Waals surface area contributed by atoms with Crippen LogP contribution >= 0.6 is 24.0 Å². The number of nitriles is 1. The maximum absolute atomic E-state index is 13.5. The number of fused-ring (bicyclic) bond motifs is 1. The molecule has 2 fully saturated rings. The van der Waals surface area contributed by atoms with Gasteiger partial charge in [0.1, 0.15) is 21.8 Å². The molecule has 1 aromatic carbocycles. The van der Waals surface area contributed by atoms with Gasteiger partial charge < -0.3 is 19.1 Å². The lowest BCUT2D eigenvalue weighted by atomic mass is 10.0. The average molecular weight is 525 g/mol. The molecular formula is C25H24N4O5S2. The zero-order valence-corrected chi connectivity index (χ0v) is 21.5. The van der Waals surface area contributed by atoms with Crippen LogP contribution in [0.25, 0.3) is 6.08 Å². The van der Waals surface area contributed by atoms with E-state index in [2.05, 4.69) is 11.0 Å². The highest BCUT2D eigenvalue weighted by atomic mass is 32.2. The molecule has 2 aromatic rings. The van der Waals surface area contributed by atoms with E-state index in [1.54, 1.807) is 22.5 Å². The van der Waals surface area contributed by atoms with Gasteiger partial charge in [0, 0.05) is 25.2 Å². The number of benzene rings is 1. The molecule has 9 nitrogen and oxygen atoms in total. The Morgan fingerprint density at radius 3 is 2.67 bits per heavy atom. The summed E-state index contributed by atoms with van der Waals surface area (Å²) in [4.78, 5) is 30.6. The fourth-order valence-electron chi connectivity index (χ4n) is 4.54. The van der Waals surface area contributed by atoms with Crippen molar-refractivity contribution in [2.45, 2.75) is 26.9 Å². The van der Waals surface area contributed by atoms with E-state index in [0.717, 1.165) is 5.56 Å². The van der Waals surface area contributed by atoms with E-state index >= 15 is 0 Å². The van der Waals surface area contributed by atoms with Crippen molar-refractivity contribution in [3.63, 3.8) is 0 Å². The number of amides is 1. The minimum atomic E-state index is -0.327. The van der Waals surface area contributed by atoms with Gasteiger partial charge >= 0.3 is 0 Å². The van der Waals surface area contributed by atoms with Crippen LogP contribution in [0.3, 0.4) is 0 Å². The molecule has 11 heteroatoms. The molecule has 5 rings (SSSR count). The van der Waals surface area contributed by atoms with Gasteiger partial charge in [-0.15, -0.1) is 0 Å². The summed E-state index contributed by atoms with van der Waals surface area (Å²) in [6, 6.07) is 7.61. The second-order valence-corrected chi connectivity index (χ2v) is 10.1. The quantitative estimate of drug-likeness (QED) is 0.432. The Kier molecular flexibility index (Phi) is 6.75. The molecule has 0 radical (unpaired) electrons. The Balaban J connectivity index is 1.54. The number of carbonyl (C=O) groups is 1. The number of thiocarbonyl (C=S) groups is 1. The molecule has 0 spiro atoms. The lowest BCUT2D eigenvalue weighted by molar-refractivity contribution is -0.122. The highest BCUT2D eigenvalue weighted by Gasteiger charge is 2.34. The largest absolute Gasteiger partial charge is 0.454 e. The Hall–Kier alpha value is -3.33. The molecule has 0 bridgehead atoms. The molecule has 3 aliphatic heterocycles. The first-order chi connectivity index (χ1) is 17.4. The lowest BCUT2D eigenvalue weighted by Gasteiger charge is -2.33. The molecule has 2 saturated heterocycles. The van der Waals surface area contributed by atoms with E-state index in [-0.39, 0.29) is 23.8 Å². The predicted molar refractivity (Wildman–Crippen MR) is 140 cm³/mol. The first-order valence-corrected chi connectivity index (χ1v) is 12.8. The van der Waals surface area contributed by atoms with Crippen LogP contribution in [0.15, 0.2) is 27.9 Å². The second kappa shape index (κ2) is 9.97. The van der Waals surface area contributed by atoms with Crippen molar-refractivity contribution >= 4 is 46.1 Å². The summed E-state index contributed by atoms with van der Waals surface area (Å²) in [5, 5.41) is 9.73. The number of rotatable bonds is 5. The molecular weight excluding hydrogens is 500 g/mol. The smallest absolute Gasteiger partial charge is 0.270 e. The molecule has 1 amide bonds. The topological polar surface area (TPSA) is 97.0 Å². The minimum Gasteiger partial charge on any atom is -0.454 e. The molecule has 36 heavy (non-hydrogen) atoms. The van der Waals surface area contributed by atoms with Crippen LogP contribution in [-0.4, -0.2) is 52.8 Å². The first-order valence-electron chi connectivity index (χ1n) is 11.6. The van der Waals surface area contributed by atoms with Crippen LogP contribution in [0, 0.1) is 18.3 Å². The van der Waals surface area contributed by atoms with Gasteiger partial charge in [0.15, 0.2) is 11.5 Å². The monoisotopic (exact) mass is 524 g/mol.